The quantitative estimate of drug-likeness (QED) is 0.929. The third-order valence-corrected chi connectivity index (χ3v) is 3.07. The molecule has 0 saturated carbocycles. The highest BCUT2D eigenvalue weighted by Gasteiger charge is 2.17. The molecule has 1 aromatic carbocycles. The van der Waals surface area contributed by atoms with Crippen LogP contribution in [0.2, 0.25) is 0 Å². The Morgan fingerprint density at radius 2 is 1.90 bits per heavy atom. The van der Waals surface area contributed by atoms with E-state index in [0.717, 1.165) is 5.69 Å². The molecule has 3 rings (SSSR count). The van der Waals surface area contributed by atoms with Crippen molar-refractivity contribution in [3.63, 3.8) is 0 Å². The van der Waals surface area contributed by atoms with Crippen LogP contribution in [-0.2, 0) is 4.74 Å². The number of para-hydroxylation sites is 1. The molecule has 2 heterocycles. The minimum atomic E-state index is -0.412. The van der Waals surface area contributed by atoms with Crippen LogP contribution in [0.25, 0.3) is 0 Å². The second-order valence-corrected chi connectivity index (χ2v) is 4.46. The van der Waals surface area contributed by atoms with E-state index in [2.05, 4.69) is 15.3 Å². The molecule has 0 amide bonds. The molecule has 0 aliphatic carbocycles. The SMILES string of the molecule is Fc1cnc(Nc2ccccc2)nc1N1CCOCC1. The minimum absolute atomic E-state index is 0.321. The van der Waals surface area contributed by atoms with Gasteiger partial charge in [0.25, 0.3) is 0 Å². The van der Waals surface area contributed by atoms with Crippen molar-refractivity contribution in [3.05, 3.63) is 42.3 Å². The maximum Gasteiger partial charge on any atom is 0.229 e. The first-order valence-electron chi connectivity index (χ1n) is 6.50. The lowest BCUT2D eigenvalue weighted by Crippen LogP contribution is -2.37. The van der Waals surface area contributed by atoms with Crippen molar-refractivity contribution in [2.45, 2.75) is 0 Å². The fourth-order valence-electron chi connectivity index (χ4n) is 2.07. The Hall–Kier alpha value is -2.21. The van der Waals surface area contributed by atoms with Gasteiger partial charge in [0.05, 0.1) is 19.4 Å². The van der Waals surface area contributed by atoms with Crippen molar-refractivity contribution in [3.8, 4) is 0 Å². The van der Waals surface area contributed by atoms with Gasteiger partial charge in [-0.2, -0.15) is 4.98 Å². The van der Waals surface area contributed by atoms with E-state index in [1.54, 1.807) is 0 Å². The van der Waals surface area contributed by atoms with Crippen LogP contribution in [0.5, 0.6) is 0 Å². The molecule has 0 radical (unpaired) electrons. The summed E-state index contributed by atoms with van der Waals surface area (Å²) in [4.78, 5) is 10.1. The van der Waals surface area contributed by atoms with E-state index < -0.39 is 5.82 Å². The molecule has 0 spiro atoms. The number of aromatic nitrogens is 2. The first-order chi connectivity index (χ1) is 9.83. The molecule has 6 heteroatoms. The van der Waals surface area contributed by atoms with E-state index in [4.69, 9.17) is 4.74 Å². The van der Waals surface area contributed by atoms with Crippen molar-refractivity contribution in [2.24, 2.45) is 0 Å². The number of ether oxygens (including phenoxy) is 1. The molecule has 1 saturated heterocycles. The van der Waals surface area contributed by atoms with Crippen LogP contribution in [0.4, 0.5) is 21.8 Å². The fraction of sp³-hybridized carbons (Fsp3) is 0.286. The van der Waals surface area contributed by atoms with Crippen molar-refractivity contribution in [1.29, 1.82) is 0 Å². The van der Waals surface area contributed by atoms with Crippen LogP contribution in [0.15, 0.2) is 36.5 Å². The minimum Gasteiger partial charge on any atom is -0.378 e. The molecular weight excluding hydrogens is 259 g/mol. The first kappa shape index (κ1) is 12.8. The number of rotatable bonds is 3. The Bertz CT molecular complexity index is 573. The van der Waals surface area contributed by atoms with Crippen molar-refractivity contribution in [1.82, 2.24) is 9.97 Å². The van der Waals surface area contributed by atoms with E-state index in [9.17, 15) is 4.39 Å². The summed E-state index contributed by atoms with van der Waals surface area (Å²) in [6.07, 6.45) is 1.20. The molecule has 1 aliphatic rings. The average Bonchev–Trinajstić information content (AvgIpc) is 2.51. The maximum atomic E-state index is 13.9. The third-order valence-electron chi connectivity index (χ3n) is 3.07. The third kappa shape index (κ3) is 2.85. The molecule has 1 aromatic heterocycles. The van der Waals surface area contributed by atoms with Crippen LogP contribution in [0, 0.1) is 5.82 Å². The maximum absolute atomic E-state index is 13.9. The van der Waals surface area contributed by atoms with Gasteiger partial charge >= 0.3 is 0 Å². The molecule has 20 heavy (non-hydrogen) atoms. The summed E-state index contributed by atoms with van der Waals surface area (Å²) in [5.74, 6) is 0.298. The molecule has 0 unspecified atom stereocenters. The normalized spacial score (nSPS) is 15.2. The van der Waals surface area contributed by atoms with Crippen LogP contribution in [0.1, 0.15) is 0 Å². The second kappa shape index (κ2) is 5.83. The summed E-state index contributed by atoms with van der Waals surface area (Å²) in [6, 6.07) is 9.56. The Balaban J connectivity index is 1.82. The molecule has 2 aromatic rings. The van der Waals surface area contributed by atoms with Crippen LogP contribution in [-0.4, -0.2) is 36.3 Å². The number of anilines is 3. The largest absolute Gasteiger partial charge is 0.378 e. The lowest BCUT2D eigenvalue weighted by atomic mass is 10.3. The molecule has 1 N–H and O–H groups in total. The predicted molar refractivity (Wildman–Crippen MR) is 74.7 cm³/mol. The molecule has 0 bridgehead atoms. The van der Waals surface area contributed by atoms with E-state index in [1.165, 1.54) is 6.20 Å². The highest BCUT2D eigenvalue weighted by molar-refractivity contribution is 5.55. The fourth-order valence-corrected chi connectivity index (χ4v) is 2.07. The average molecular weight is 274 g/mol. The van der Waals surface area contributed by atoms with Crippen molar-refractivity contribution < 1.29 is 9.13 Å². The monoisotopic (exact) mass is 274 g/mol. The molecule has 0 atom stereocenters. The highest BCUT2D eigenvalue weighted by Crippen LogP contribution is 2.20. The van der Waals surface area contributed by atoms with E-state index in [0.29, 0.717) is 38.1 Å². The summed E-state index contributed by atoms with van der Waals surface area (Å²) in [7, 11) is 0. The molecule has 104 valence electrons. The van der Waals surface area contributed by atoms with Gasteiger partial charge in [0.1, 0.15) is 0 Å². The molecular formula is C14H15FN4O. The topological polar surface area (TPSA) is 50.3 Å². The van der Waals surface area contributed by atoms with Gasteiger partial charge in [-0.15, -0.1) is 0 Å². The first-order valence-corrected chi connectivity index (χ1v) is 6.50. The smallest absolute Gasteiger partial charge is 0.229 e. The number of morpholine rings is 1. The molecule has 1 fully saturated rings. The summed E-state index contributed by atoms with van der Waals surface area (Å²) in [5.41, 5.74) is 0.868. The zero-order valence-electron chi connectivity index (χ0n) is 10.9. The van der Waals surface area contributed by atoms with E-state index in [-0.39, 0.29) is 0 Å². The number of nitrogens with one attached hydrogen (secondary N) is 1. The van der Waals surface area contributed by atoms with Gasteiger partial charge in [-0.1, -0.05) is 18.2 Å². The van der Waals surface area contributed by atoms with Crippen LogP contribution in [0.3, 0.4) is 0 Å². The van der Waals surface area contributed by atoms with Gasteiger partial charge in [0.2, 0.25) is 5.95 Å². The number of hydrogen-bond donors (Lipinski definition) is 1. The van der Waals surface area contributed by atoms with E-state index in [1.807, 2.05) is 35.2 Å². The Morgan fingerprint density at radius 1 is 1.15 bits per heavy atom. The molecule has 1 aliphatic heterocycles. The second-order valence-electron chi connectivity index (χ2n) is 4.46. The lowest BCUT2D eigenvalue weighted by molar-refractivity contribution is 0.122. The van der Waals surface area contributed by atoms with Gasteiger partial charge in [-0.05, 0) is 12.1 Å². The van der Waals surface area contributed by atoms with Crippen LogP contribution >= 0.6 is 0 Å². The highest BCUT2D eigenvalue weighted by atomic mass is 19.1. The van der Waals surface area contributed by atoms with Crippen molar-refractivity contribution in [2.75, 3.05) is 36.5 Å². The Morgan fingerprint density at radius 3 is 2.65 bits per heavy atom. The predicted octanol–water partition coefficient (Wildman–Crippen LogP) is 2.20. The summed E-state index contributed by atoms with van der Waals surface area (Å²) < 4.78 is 19.1. The number of nitrogens with zero attached hydrogens (tertiary/aromatic N) is 3. The van der Waals surface area contributed by atoms with Gasteiger partial charge in [-0.3, -0.25) is 0 Å². The van der Waals surface area contributed by atoms with Crippen LogP contribution < -0.4 is 10.2 Å². The number of hydrogen-bond acceptors (Lipinski definition) is 5. The zero-order chi connectivity index (χ0) is 13.8. The zero-order valence-corrected chi connectivity index (χ0v) is 10.9. The van der Waals surface area contributed by atoms with Gasteiger partial charge in [-0.25, -0.2) is 9.37 Å². The van der Waals surface area contributed by atoms with E-state index >= 15 is 0 Å². The standard InChI is InChI=1S/C14H15FN4O/c15-12-10-16-14(17-11-4-2-1-3-5-11)18-13(12)19-6-8-20-9-7-19/h1-5,10H,6-9H2,(H,16,17,18). The lowest BCUT2D eigenvalue weighted by Gasteiger charge is -2.28. The summed E-state index contributed by atoms with van der Waals surface area (Å²) >= 11 is 0. The summed E-state index contributed by atoms with van der Waals surface area (Å²) in [6.45, 7) is 2.45. The number of halogens is 1. The number of benzene rings is 1. The van der Waals surface area contributed by atoms with Gasteiger partial charge < -0.3 is 15.0 Å². The van der Waals surface area contributed by atoms with Gasteiger partial charge in [0.15, 0.2) is 11.6 Å². The van der Waals surface area contributed by atoms with Gasteiger partial charge in [0, 0.05) is 18.8 Å². The summed E-state index contributed by atoms with van der Waals surface area (Å²) in [5, 5.41) is 3.06. The van der Waals surface area contributed by atoms with Crippen molar-refractivity contribution >= 4 is 17.5 Å². The molecule has 5 nitrogen and oxygen atoms in total. The Labute approximate surface area is 116 Å². The Kier molecular flexibility index (Phi) is 3.73.